The van der Waals surface area contributed by atoms with Crippen molar-refractivity contribution >= 4 is 11.9 Å². The lowest BCUT2D eigenvalue weighted by Gasteiger charge is -2.26. The van der Waals surface area contributed by atoms with Crippen LogP contribution in [0.5, 0.6) is 0 Å². The van der Waals surface area contributed by atoms with Gasteiger partial charge in [0, 0.05) is 6.04 Å². The molecule has 0 spiro atoms. The molecule has 1 amide bonds. The van der Waals surface area contributed by atoms with Crippen LogP contribution in [0.15, 0.2) is 0 Å². The Hall–Kier alpha value is -1.10. The number of aliphatic carboxylic acids is 1. The van der Waals surface area contributed by atoms with Crippen LogP contribution in [0.2, 0.25) is 0 Å². The van der Waals surface area contributed by atoms with Crippen LogP contribution in [0.3, 0.4) is 0 Å². The SMILES string of the molecule is CCCC(CC(=O)O)NC(=O)C(C)(N)CCC. The number of carboxylic acid groups (broad SMARTS) is 1. The summed E-state index contributed by atoms with van der Waals surface area (Å²) in [6, 6.07) is -0.329. The van der Waals surface area contributed by atoms with E-state index in [1.165, 1.54) is 0 Å². The molecule has 2 unspecified atom stereocenters. The van der Waals surface area contributed by atoms with Gasteiger partial charge in [0.05, 0.1) is 12.0 Å². The molecule has 0 aliphatic rings. The molecule has 4 N–H and O–H groups in total. The summed E-state index contributed by atoms with van der Waals surface area (Å²) in [7, 11) is 0. The van der Waals surface area contributed by atoms with Crippen LogP contribution < -0.4 is 11.1 Å². The van der Waals surface area contributed by atoms with E-state index in [0.717, 1.165) is 12.8 Å². The van der Waals surface area contributed by atoms with E-state index in [0.29, 0.717) is 12.8 Å². The topological polar surface area (TPSA) is 92.4 Å². The predicted molar refractivity (Wildman–Crippen MR) is 66.6 cm³/mol. The molecule has 0 saturated heterocycles. The summed E-state index contributed by atoms with van der Waals surface area (Å²) in [6.45, 7) is 5.59. The first-order valence-electron chi connectivity index (χ1n) is 6.15. The fourth-order valence-corrected chi connectivity index (χ4v) is 1.77. The van der Waals surface area contributed by atoms with Gasteiger partial charge in [0.15, 0.2) is 0 Å². The molecule has 0 aliphatic carbocycles. The average molecular weight is 244 g/mol. The van der Waals surface area contributed by atoms with Crippen LogP contribution in [-0.2, 0) is 9.59 Å². The molecular weight excluding hydrogens is 220 g/mol. The number of carboxylic acids is 1. The summed E-state index contributed by atoms with van der Waals surface area (Å²) >= 11 is 0. The summed E-state index contributed by atoms with van der Waals surface area (Å²) in [5.41, 5.74) is 4.97. The molecule has 0 aromatic carbocycles. The minimum atomic E-state index is -0.917. The molecular formula is C12H24N2O3. The lowest BCUT2D eigenvalue weighted by atomic mass is 9.95. The Kier molecular flexibility index (Phi) is 6.80. The van der Waals surface area contributed by atoms with Crippen LogP contribution in [0, 0.1) is 0 Å². The van der Waals surface area contributed by atoms with Crippen molar-refractivity contribution in [3.63, 3.8) is 0 Å². The predicted octanol–water partition coefficient (Wildman–Crippen LogP) is 1.26. The zero-order valence-corrected chi connectivity index (χ0v) is 11.0. The molecule has 0 fully saturated rings. The normalized spacial score (nSPS) is 16.0. The van der Waals surface area contributed by atoms with Crippen molar-refractivity contribution in [2.75, 3.05) is 0 Å². The third kappa shape index (κ3) is 6.26. The van der Waals surface area contributed by atoms with Crippen molar-refractivity contribution < 1.29 is 14.7 Å². The van der Waals surface area contributed by atoms with Gasteiger partial charge in [0.25, 0.3) is 0 Å². The Bertz CT molecular complexity index is 264. The molecule has 17 heavy (non-hydrogen) atoms. The molecule has 0 aromatic rings. The molecule has 2 atom stereocenters. The fourth-order valence-electron chi connectivity index (χ4n) is 1.77. The maximum absolute atomic E-state index is 11.9. The van der Waals surface area contributed by atoms with Crippen molar-refractivity contribution in [3.05, 3.63) is 0 Å². The van der Waals surface area contributed by atoms with Crippen molar-refractivity contribution in [2.24, 2.45) is 5.73 Å². The van der Waals surface area contributed by atoms with Crippen LogP contribution in [0.25, 0.3) is 0 Å². The molecule has 0 rings (SSSR count). The highest BCUT2D eigenvalue weighted by atomic mass is 16.4. The van der Waals surface area contributed by atoms with Gasteiger partial charge in [-0.2, -0.15) is 0 Å². The van der Waals surface area contributed by atoms with E-state index in [4.69, 9.17) is 10.8 Å². The first kappa shape index (κ1) is 15.9. The zero-order valence-electron chi connectivity index (χ0n) is 11.0. The quantitative estimate of drug-likeness (QED) is 0.599. The first-order chi connectivity index (χ1) is 7.83. The second-order valence-corrected chi connectivity index (χ2v) is 4.72. The molecule has 0 heterocycles. The van der Waals surface area contributed by atoms with Crippen LogP contribution in [0.4, 0.5) is 0 Å². The molecule has 0 bridgehead atoms. The summed E-state index contributed by atoms with van der Waals surface area (Å²) in [5, 5.41) is 11.5. The monoisotopic (exact) mass is 244 g/mol. The number of carbonyl (C=O) groups is 2. The number of carbonyl (C=O) groups excluding carboxylic acids is 1. The highest BCUT2D eigenvalue weighted by Crippen LogP contribution is 2.10. The maximum atomic E-state index is 11.9. The van der Waals surface area contributed by atoms with Crippen LogP contribution >= 0.6 is 0 Å². The standard InChI is InChI=1S/C12H24N2O3/c1-4-6-9(8-10(15)16)14-11(17)12(3,13)7-5-2/h9H,4-8,13H2,1-3H3,(H,14,17)(H,15,16). The number of hydrogen-bond acceptors (Lipinski definition) is 3. The van der Waals surface area contributed by atoms with E-state index in [1.807, 2.05) is 13.8 Å². The minimum absolute atomic E-state index is 0.0538. The molecule has 5 heteroatoms. The van der Waals surface area contributed by atoms with Gasteiger partial charge in [-0.25, -0.2) is 0 Å². The highest BCUT2D eigenvalue weighted by molar-refractivity contribution is 5.86. The Morgan fingerprint density at radius 1 is 1.35 bits per heavy atom. The van der Waals surface area contributed by atoms with Gasteiger partial charge in [0.2, 0.25) is 5.91 Å². The third-order valence-corrected chi connectivity index (χ3v) is 2.68. The summed E-state index contributed by atoms with van der Waals surface area (Å²) in [5.74, 6) is -1.17. The van der Waals surface area contributed by atoms with Crippen LogP contribution in [0.1, 0.15) is 52.9 Å². The van der Waals surface area contributed by atoms with Gasteiger partial charge in [-0.15, -0.1) is 0 Å². The fraction of sp³-hybridized carbons (Fsp3) is 0.833. The van der Waals surface area contributed by atoms with E-state index in [2.05, 4.69) is 5.32 Å². The Morgan fingerprint density at radius 3 is 2.35 bits per heavy atom. The van der Waals surface area contributed by atoms with E-state index >= 15 is 0 Å². The number of nitrogens with one attached hydrogen (secondary N) is 1. The number of nitrogens with two attached hydrogens (primary N) is 1. The van der Waals surface area contributed by atoms with Gasteiger partial charge >= 0.3 is 5.97 Å². The van der Waals surface area contributed by atoms with Crippen molar-refractivity contribution in [1.82, 2.24) is 5.32 Å². The summed E-state index contributed by atoms with van der Waals surface area (Å²) in [4.78, 5) is 22.6. The summed E-state index contributed by atoms with van der Waals surface area (Å²) < 4.78 is 0. The number of amides is 1. The van der Waals surface area contributed by atoms with E-state index in [-0.39, 0.29) is 18.4 Å². The molecule has 0 aliphatic heterocycles. The van der Waals surface area contributed by atoms with Gasteiger partial charge in [-0.3, -0.25) is 9.59 Å². The zero-order chi connectivity index (χ0) is 13.5. The maximum Gasteiger partial charge on any atom is 0.305 e. The molecule has 100 valence electrons. The number of rotatable bonds is 8. The number of hydrogen-bond donors (Lipinski definition) is 3. The van der Waals surface area contributed by atoms with E-state index in [1.54, 1.807) is 6.92 Å². The molecule has 0 saturated carbocycles. The Balaban J connectivity index is 4.43. The third-order valence-electron chi connectivity index (χ3n) is 2.68. The second kappa shape index (κ2) is 7.27. The first-order valence-corrected chi connectivity index (χ1v) is 6.15. The van der Waals surface area contributed by atoms with Gasteiger partial charge < -0.3 is 16.2 Å². The van der Waals surface area contributed by atoms with Gasteiger partial charge in [0.1, 0.15) is 0 Å². The Morgan fingerprint density at radius 2 is 1.94 bits per heavy atom. The van der Waals surface area contributed by atoms with Crippen molar-refractivity contribution in [2.45, 2.75) is 64.5 Å². The second-order valence-electron chi connectivity index (χ2n) is 4.72. The van der Waals surface area contributed by atoms with Crippen molar-refractivity contribution in [3.8, 4) is 0 Å². The minimum Gasteiger partial charge on any atom is -0.481 e. The molecule has 0 radical (unpaired) electrons. The smallest absolute Gasteiger partial charge is 0.305 e. The average Bonchev–Trinajstić information content (AvgIpc) is 2.16. The molecule has 5 nitrogen and oxygen atoms in total. The highest BCUT2D eigenvalue weighted by Gasteiger charge is 2.29. The lowest BCUT2D eigenvalue weighted by molar-refractivity contribution is -0.138. The van der Waals surface area contributed by atoms with E-state index in [9.17, 15) is 9.59 Å². The summed E-state index contributed by atoms with van der Waals surface area (Å²) in [6.07, 6.45) is 2.83. The van der Waals surface area contributed by atoms with E-state index < -0.39 is 11.5 Å². The molecule has 0 aromatic heterocycles. The Labute approximate surface area is 103 Å². The lowest BCUT2D eigenvalue weighted by Crippen LogP contribution is -2.54. The largest absolute Gasteiger partial charge is 0.481 e. The van der Waals surface area contributed by atoms with Crippen LogP contribution in [-0.4, -0.2) is 28.6 Å². The van der Waals surface area contributed by atoms with Gasteiger partial charge in [-0.1, -0.05) is 26.7 Å². The van der Waals surface area contributed by atoms with Gasteiger partial charge in [-0.05, 0) is 19.8 Å². The van der Waals surface area contributed by atoms with Crippen molar-refractivity contribution in [1.29, 1.82) is 0 Å².